The molecule has 1 atom stereocenters. The fourth-order valence-electron chi connectivity index (χ4n) is 4.69. The van der Waals surface area contributed by atoms with Gasteiger partial charge in [-0.3, -0.25) is 4.79 Å². The fraction of sp³-hybridized carbons (Fsp3) is 0.650. The van der Waals surface area contributed by atoms with Gasteiger partial charge in [-0.15, -0.1) is 0 Å². The van der Waals surface area contributed by atoms with Crippen LogP contribution in [0.1, 0.15) is 56.6 Å². The summed E-state index contributed by atoms with van der Waals surface area (Å²) in [5.74, 6) is 1.27. The van der Waals surface area contributed by atoms with E-state index in [1.165, 1.54) is 11.1 Å². The van der Waals surface area contributed by atoms with E-state index in [0.29, 0.717) is 6.54 Å². The van der Waals surface area contributed by atoms with Crippen molar-refractivity contribution in [1.29, 1.82) is 0 Å². The number of amides is 1. The van der Waals surface area contributed by atoms with Gasteiger partial charge in [-0.25, -0.2) is 0 Å². The molecule has 3 N–H and O–H groups in total. The Hall–Kier alpha value is -1.55. The lowest BCUT2D eigenvalue weighted by Gasteiger charge is -2.50. The Morgan fingerprint density at radius 3 is 2.67 bits per heavy atom. The van der Waals surface area contributed by atoms with Crippen molar-refractivity contribution in [1.82, 2.24) is 5.32 Å². The third-order valence-electron chi connectivity index (χ3n) is 6.45. The fourth-order valence-corrected chi connectivity index (χ4v) is 4.69. The molecule has 4 aliphatic rings. The largest absolute Gasteiger partial charge is 0.490 e. The van der Waals surface area contributed by atoms with Gasteiger partial charge in [0.15, 0.2) is 0 Å². The molecule has 1 unspecified atom stereocenters. The van der Waals surface area contributed by atoms with Crippen LogP contribution in [0.25, 0.3) is 0 Å². The zero-order chi connectivity index (χ0) is 16.8. The Bertz CT molecular complexity index is 631. The van der Waals surface area contributed by atoms with Gasteiger partial charge in [-0.05, 0) is 69.1 Å². The number of hydrogen-bond donors (Lipinski definition) is 2. The first kappa shape index (κ1) is 15.9. The highest BCUT2D eigenvalue weighted by atomic mass is 16.5. The third-order valence-corrected chi connectivity index (χ3v) is 6.45. The highest BCUT2D eigenvalue weighted by Crippen LogP contribution is 2.51. The van der Waals surface area contributed by atoms with Crippen LogP contribution in [0.15, 0.2) is 18.2 Å². The number of rotatable bonds is 4. The molecular weight excluding hydrogens is 300 g/mol. The van der Waals surface area contributed by atoms with Gasteiger partial charge in [0, 0.05) is 23.9 Å². The molecule has 2 bridgehead atoms. The van der Waals surface area contributed by atoms with E-state index in [1.54, 1.807) is 0 Å². The van der Waals surface area contributed by atoms with Gasteiger partial charge < -0.3 is 15.8 Å². The van der Waals surface area contributed by atoms with Crippen LogP contribution in [0.3, 0.4) is 0 Å². The summed E-state index contributed by atoms with van der Waals surface area (Å²) in [7, 11) is 0. The Balaban J connectivity index is 1.32. The lowest BCUT2D eigenvalue weighted by Crippen LogP contribution is -2.56. The Morgan fingerprint density at radius 1 is 1.25 bits per heavy atom. The number of carbonyl (C=O) groups excluding carboxylic acids is 1. The maximum absolute atomic E-state index is 12.7. The van der Waals surface area contributed by atoms with E-state index in [1.807, 2.05) is 0 Å². The molecule has 4 nitrogen and oxygen atoms in total. The van der Waals surface area contributed by atoms with E-state index in [-0.39, 0.29) is 23.0 Å². The lowest BCUT2D eigenvalue weighted by atomic mass is 9.57. The van der Waals surface area contributed by atoms with Crippen molar-refractivity contribution in [2.45, 2.75) is 69.9 Å². The van der Waals surface area contributed by atoms with E-state index in [9.17, 15) is 4.79 Å². The minimum absolute atomic E-state index is 0.0195. The van der Waals surface area contributed by atoms with Crippen LogP contribution in [0.2, 0.25) is 0 Å². The molecule has 4 heteroatoms. The first-order valence-electron chi connectivity index (χ1n) is 9.34. The van der Waals surface area contributed by atoms with Crippen molar-refractivity contribution in [2.24, 2.45) is 11.1 Å². The average molecular weight is 328 g/mol. The predicted octanol–water partition coefficient (Wildman–Crippen LogP) is 2.72. The van der Waals surface area contributed by atoms with Crippen molar-refractivity contribution >= 4 is 5.91 Å². The molecule has 3 saturated carbocycles. The van der Waals surface area contributed by atoms with Crippen molar-refractivity contribution < 1.29 is 9.53 Å². The van der Waals surface area contributed by atoms with E-state index in [2.05, 4.69) is 30.4 Å². The number of fused-ring (bicyclic) bond motifs is 4. The van der Waals surface area contributed by atoms with Gasteiger partial charge in [0.2, 0.25) is 5.91 Å². The maximum Gasteiger partial charge on any atom is 0.226 e. The summed E-state index contributed by atoms with van der Waals surface area (Å²) in [6.45, 7) is 2.81. The van der Waals surface area contributed by atoms with Gasteiger partial charge in [0.05, 0.1) is 0 Å². The van der Waals surface area contributed by atoms with E-state index in [0.717, 1.165) is 57.1 Å². The SMILES string of the molecule is CC1Cc2cc(CCNC(=O)C34CCC(N)(CC3)CC4)ccc2O1. The monoisotopic (exact) mass is 328 g/mol. The number of hydrogen-bond acceptors (Lipinski definition) is 3. The molecule has 1 amide bonds. The second-order valence-corrected chi connectivity index (χ2v) is 8.22. The van der Waals surface area contributed by atoms with Gasteiger partial charge in [-0.2, -0.15) is 0 Å². The summed E-state index contributed by atoms with van der Waals surface area (Å²) in [6.07, 6.45) is 8.04. The molecule has 0 spiro atoms. The number of benzene rings is 1. The predicted molar refractivity (Wildman–Crippen MR) is 94.0 cm³/mol. The number of ether oxygens (including phenoxy) is 1. The molecule has 1 heterocycles. The molecule has 0 radical (unpaired) electrons. The average Bonchev–Trinajstić information content (AvgIpc) is 2.95. The Kier molecular flexibility index (Phi) is 3.83. The molecule has 3 fully saturated rings. The highest BCUT2D eigenvalue weighted by molar-refractivity contribution is 5.83. The summed E-state index contributed by atoms with van der Waals surface area (Å²) in [5.41, 5.74) is 8.80. The zero-order valence-electron chi connectivity index (χ0n) is 14.6. The first-order valence-corrected chi connectivity index (χ1v) is 9.34. The molecule has 1 aromatic rings. The van der Waals surface area contributed by atoms with Crippen molar-refractivity contribution in [2.75, 3.05) is 6.54 Å². The van der Waals surface area contributed by atoms with Crippen LogP contribution in [0.4, 0.5) is 0 Å². The summed E-state index contributed by atoms with van der Waals surface area (Å²) >= 11 is 0. The molecule has 130 valence electrons. The molecule has 0 aromatic heterocycles. The van der Waals surface area contributed by atoms with Gasteiger partial charge >= 0.3 is 0 Å². The van der Waals surface area contributed by atoms with Crippen LogP contribution in [0.5, 0.6) is 5.75 Å². The quantitative estimate of drug-likeness (QED) is 0.893. The smallest absolute Gasteiger partial charge is 0.226 e. The summed E-state index contributed by atoms with van der Waals surface area (Å²) in [4.78, 5) is 12.7. The van der Waals surface area contributed by atoms with Crippen LogP contribution in [-0.4, -0.2) is 24.1 Å². The molecule has 24 heavy (non-hydrogen) atoms. The second kappa shape index (κ2) is 5.76. The normalized spacial score (nSPS) is 33.8. The molecule has 1 aliphatic heterocycles. The third kappa shape index (κ3) is 2.81. The minimum atomic E-state index is -0.137. The number of nitrogens with two attached hydrogens (primary N) is 1. The number of nitrogens with one attached hydrogen (secondary N) is 1. The Morgan fingerprint density at radius 2 is 1.96 bits per heavy atom. The first-order chi connectivity index (χ1) is 11.5. The van der Waals surface area contributed by atoms with Crippen molar-refractivity contribution in [3.8, 4) is 5.75 Å². The molecule has 0 saturated heterocycles. The Labute approximate surface area is 144 Å². The van der Waals surface area contributed by atoms with E-state index < -0.39 is 0 Å². The van der Waals surface area contributed by atoms with Crippen LogP contribution >= 0.6 is 0 Å². The molecule has 5 rings (SSSR count). The zero-order valence-corrected chi connectivity index (χ0v) is 14.6. The molecule has 3 aliphatic carbocycles. The summed E-state index contributed by atoms with van der Waals surface area (Å²) < 4.78 is 5.74. The van der Waals surface area contributed by atoms with Crippen LogP contribution < -0.4 is 15.8 Å². The lowest BCUT2D eigenvalue weighted by molar-refractivity contribution is -0.137. The van der Waals surface area contributed by atoms with Crippen molar-refractivity contribution in [3.63, 3.8) is 0 Å². The standard InChI is InChI=1S/C20H28N2O2/c1-14-12-16-13-15(2-3-17(16)24-14)4-11-22-18(23)19-5-8-20(21,9-6-19)10-7-19/h2-3,13-14H,4-12,21H2,1H3,(H,22,23). The van der Waals surface area contributed by atoms with Crippen molar-refractivity contribution in [3.05, 3.63) is 29.3 Å². The maximum atomic E-state index is 12.7. The minimum Gasteiger partial charge on any atom is -0.490 e. The van der Waals surface area contributed by atoms with Crippen LogP contribution in [-0.2, 0) is 17.6 Å². The number of carbonyl (C=O) groups is 1. The molecular formula is C20H28N2O2. The van der Waals surface area contributed by atoms with Gasteiger partial charge in [0.25, 0.3) is 0 Å². The van der Waals surface area contributed by atoms with Gasteiger partial charge in [-0.1, -0.05) is 12.1 Å². The van der Waals surface area contributed by atoms with E-state index >= 15 is 0 Å². The topological polar surface area (TPSA) is 64.4 Å². The van der Waals surface area contributed by atoms with E-state index in [4.69, 9.17) is 10.5 Å². The highest BCUT2D eigenvalue weighted by Gasteiger charge is 2.50. The van der Waals surface area contributed by atoms with Gasteiger partial charge in [0.1, 0.15) is 11.9 Å². The molecule has 1 aromatic carbocycles. The summed E-state index contributed by atoms with van der Waals surface area (Å²) in [6, 6.07) is 6.41. The summed E-state index contributed by atoms with van der Waals surface area (Å²) in [5, 5.41) is 3.20. The second-order valence-electron chi connectivity index (χ2n) is 8.22. The van der Waals surface area contributed by atoms with Crippen LogP contribution in [0, 0.1) is 5.41 Å².